The molecule has 2 aromatic carbocycles. The molecule has 1 aliphatic heterocycles. The maximum absolute atomic E-state index is 13.3. The molecule has 3 aromatic rings. The van der Waals surface area contributed by atoms with Crippen molar-refractivity contribution in [1.29, 1.82) is 0 Å². The summed E-state index contributed by atoms with van der Waals surface area (Å²) in [6.45, 7) is 1.88. The monoisotopic (exact) mass is 503 g/mol. The first-order chi connectivity index (χ1) is 15.8. The van der Waals surface area contributed by atoms with E-state index in [-0.39, 0.29) is 21.9 Å². The Balaban J connectivity index is 1.99. The maximum Gasteiger partial charge on any atom is 0.300 e. The average molecular weight is 504 g/mol. The molecule has 33 heavy (non-hydrogen) atoms. The van der Waals surface area contributed by atoms with Crippen LogP contribution in [0, 0.1) is 6.92 Å². The molecule has 4 rings (SSSR count). The average Bonchev–Trinajstić information content (AvgIpc) is 3.33. The zero-order valence-corrected chi connectivity index (χ0v) is 20.2. The molecule has 0 aliphatic carbocycles. The SMILES string of the molecule is COc1cc(OC)c(/C(O)=C2\C(=O)C(=O)N(c3cccc(Cl)c3)C2c2sccc2C)cc1Cl. The van der Waals surface area contributed by atoms with Gasteiger partial charge >= 0.3 is 0 Å². The first-order valence-corrected chi connectivity index (χ1v) is 11.4. The minimum absolute atomic E-state index is 0.0648. The lowest BCUT2D eigenvalue weighted by Gasteiger charge is -2.25. The topological polar surface area (TPSA) is 76.1 Å². The van der Waals surface area contributed by atoms with Gasteiger partial charge in [-0.15, -0.1) is 11.3 Å². The molecule has 1 N–H and O–H groups in total. The smallest absolute Gasteiger partial charge is 0.300 e. The quantitative estimate of drug-likeness (QED) is 0.262. The van der Waals surface area contributed by atoms with Gasteiger partial charge < -0.3 is 14.6 Å². The van der Waals surface area contributed by atoms with Crippen molar-refractivity contribution in [3.8, 4) is 11.5 Å². The van der Waals surface area contributed by atoms with Crippen LogP contribution in [0.15, 0.2) is 53.4 Å². The number of Topliss-reactive ketones (excluding diaryl/α,β-unsaturated/α-hetero) is 1. The van der Waals surface area contributed by atoms with Crippen LogP contribution in [0.25, 0.3) is 5.76 Å². The Morgan fingerprint density at radius 2 is 1.79 bits per heavy atom. The standard InChI is InChI=1S/C24H19Cl2NO5S/c1-12-7-8-33-23(12)20-19(21(28)15-10-16(26)18(32-3)11-17(15)31-2)22(29)24(30)27(20)14-6-4-5-13(25)9-14/h4-11,20,28H,1-3H3/b21-19+. The van der Waals surface area contributed by atoms with E-state index in [0.717, 1.165) is 10.4 Å². The van der Waals surface area contributed by atoms with Gasteiger partial charge in [0.25, 0.3) is 11.7 Å². The van der Waals surface area contributed by atoms with E-state index in [2.05, 4.69) is 0 Å². The number of anilines is 1. The zero-order chi connectivity index (χ0) is 23.9. The van der Waals surface area contributed by atoms with Crippen LogP contribution in [0.4, 0.5) is 5.69 Å². The van der Waals surface area contributed by atoms with Crippen molar-refractivity contribution < 1.29 is 24.2 Å². The number of hydrogen-bond acceptors (Lipinski definition) is 6. The summed E-state index contributed by atoms with van der Waals surface area (Å²) in [4.78, 5) is 28.6. The summed E-state index contributed by atoms with van der Waals surface area (Å²) < 4.78 is 10.6. The lowest BCUT2D eigenvalue weighted by Crippen LogP contribution is -2.29. The van der Waals surface area contributed by atoms with Crippen molar-refractivity contribution in [1.82, 2.24) is 0 Å². The van der Waals surface area contributed by atoms with Crippen LogP contribution in [0.5, 0.6) is 11.5 Å². The fourth-order valence-electron chi connectivity index (χ4n) is 3.83. The second-order valence-corrected chi connectivity index (χ2v) is 9.10. The lowest BCUT2D eigenvalue weighted by atomic mass is 9.97. The normalized spacial score (nSPS) is 17.5. The number of amides is 1. The van der Waals surface area contributed by atoms with Gasteiger partial charge in [-0.25, -0.2) is 0 Å². The van der Waals surface area contributed by atoms with Crippen molar-refractivity contribution in [2.24, 2.45) is 0 Å². The van der Waals surface area contributed by atoms with Gasteiger partial charge in [0.2, 0.25) is 0 Å². The summed E-state index contributed by atoms with van der Waals surface area (Å²) in [6, 6.07) is 10.7. The zero-order valence-electron chi connectivity index (χ0n) is 17.9. The molecule has 9 heteroatoms. The molecule has 2 heterocycles. The van der Waals surface area contributed by atoms with Crippen LogP contribution in [-0.4, -0.2) is 31.0 Å². The molecule has 0 spiro atoms. The lowest BCUT2D eigenvalue weighted by molar-refractivity contribution is -0.132. The van der Waals surface area contributed by atoms with E-state index in [1.165, 1.54) is 42.6 Å². The van der Waals surface area contributed by atoms with Crippen LogP contribution in [0.2, 0.25) is 10.0 Å². The molecule has 1 fully saturated rings. The predicted octanol–water partition coefficient (Wildman–Crippen LogP) is 6.01. The number of aryl methyl sites for hydroxylation is 1. The number of carbonyl (C=O) groups is 2. The van der Waals surface area contributed by atoms with E-state index < -0.39 is 23.5 Å². The minimum atomic E-state index is -0.853. The first-order valence-electron chi connectivity index (χ1n) is 9.81. The van der Waals surface area contributed by atoms with E-state index in [9.17, 15) is 14.7 Å². The summed E-state index contributed by atoms with van der Waals surface area (Å²) >= 11 is 13.8. The molecule has 1 atom stereocenters. The van der Waals surface area contributed by atoms with Gasteiger partial charge in [-0.2, -0.15) is 0 Å². The molecule has 0 saturated carbocycles. The van der Waals surface area contributed by atoms with Crippen molar-refractivity contribution in [3.63, 3.8) is 0 Å². The molecule has 1 aliphatic rings. The summed E-state index contributed by atoms with van der Waals surface area (Å²) in [7, 11) is 2.88. The fourth-order valence-corrected chi connectivity index (χ4v) is 5.28. The van der Waals surface area contributed by atoms with E-state index in [0.29, 0.717) is 16.5 Å². The molecule has 0 radical (unpaired) electrons. The molecule has 1 amide bonds. The molecule has 0 bridgehead atoms. The van der Waals surface area contributed by atoms with Gasteiger partial charge in [-0.1, -0.05) is 29.3 Å². The first kappa shape index (κ1) is 23.2. The Morgan fingerprint density at radius 1 is 1.06 bits per heavy atom. The Labute approximate surface area is 204 Å². The number of hydrogen-bond donors (Lipinski definition) is 1. The number of nitrogens with zero attached hydrogens (tertiary/aromatic N) is 1. The number of aliphatic hydroxyl groups excluding tert-OH is 1. The molecule has 170 valence electrons. The summed E-state index contributed by atoms with van der Waals surface area (Å²) in [5.74, 6) is -1.40. The second kappa shape index (κ2) is 9.09. The minimum Gasteiger partial charge on any atom is -0.507 e. The van der Waals surface area contributed by atoms with Gasteiger partial charge in [0.1, 0.15) is 23.3 Å². The number of carbonyl (C=O) groups excluding carboxylic acids is 2. The maximum atomic E-state index is 13.3. The molecule has 6 nitrogen and oxygen atoms in total. The van der Waals surface area contributed by atoms with Gasteiger partial charge in [-0.3, -0.25) is 14.5 Å². The number of ether oxygens (including phenoxy) is 2. The number of thiophene rings is 1. The molecular weight excluding hydrogens is 485 g/mol. The van der Waals surface area contributed by atoms with Crippen molar-refractivity contribution in [2.45, 2.75) is 13.0 Å². The van der Waals surface area contributed by atoms with Gasteiger partial charge in [0, 0.05) is 21.7 Å². The Hall–Kier alpha value is -3.00. The molecule has 1 unspecified atom stereocenters. The van der Waals surface area contributed by atoms with Crippen LogP contribution in [-0.2, 0) is 9.59 Å². The third-order valence-corrected chi connectivity index (χ3v) is 7.01. The molecular formula is C24H19Cl2NO5S. The number of ketones is 1. The fraction of sp³-hybridized carbons (Fsp3) is 0.167. The van der Waals surface area contributed by atoms with Crippen molar-refractivity contribution >= 4 is 57.7 Å². The Bertz CT molecular complexity index is 1300. The van der Waals surface area contributed by atoms with E-state index >= 15 is 0 Å². The summed E-state index contributed by atoms with van der Waals surface area (Å²) in [6.07, 6.45) is 0. The largest absolute Gasteiger partial charge is 0.507 e. The number of rotatable bonds is 5. The van der Waals surface area contributed by atoms with Crippen LogP contribution >= 0.6 is 34.5 Å². The van der Waals surface area contributed by atoms with E-state index in [1.807, 2.05) is 18.4 Å². The van der Waals surface area contributed by atoms with Crippen molar-refractivity contribution in [3.05, 3.63) is 79.5 Å². The summed E-state index contributed by atoms with van der Waals surface area (Å²) in [5.41, 5.74) is 1.43. The van der Waals surface area contributed by atoms with Crippen molar-refractivity contribution in [2.75, 3.05) is 19.1 Å². The number of benzene rings is 2. The van der Waals surface area contributed by atoms with E-state index in [1.54, 1.807) is 24.3 Å². The highest BCUT2D eigenvalue weighted by molar-refractivity contribution is 7.10. The summed E-state index contributed by atoms with van der Waals surface area (Å²) in [5, 5.41) is 13.9. The Kier molecular flexibility index (Phi) is 6.38. The second-order valence-electron chi connectivity index (χ2n) is 7.30. The predicted molar refractivity (Wildman–Crippen MR) is 130 cm³/mol. The highest BCUT2D eigenvalue weighted by atomic mass is 35.5. The highest BCUT2D eigenvalue weighted by Crippen LogP contribution is 2.46. The molecule has 1 saturated heterocycles. The van der Waals surface area contributed by atoms with Gasteiger partial charge in [-0.05, 0) is 48.2 Å². The van der Waals surface area contributed by atoms with E-state index in [4.69, 9.17) is 32.7 Å². The number of halogens is 2. The van der Waals surface area contributed by atoms with Crippen LogP contribution in [0.3, 0.4) is 0 Å². The third kappa shape index (κ3) is 3.97. The van der Waals surface area contributed by atoms with Gasteiger partial charge in [0.15, 0.2) is 0 Å². The number of methoxy groups -OCH3 is 2. The Morgan fingerprint density at radius 3 is 2.39 bits per heavy atom. The number of aliphatic hydroxyl groups is 1. The van der Waals surface area contributed by atoms with Crippen LogP contribution in [0.1, 0.15) is 22.0 Å². The highest BCUT2D eigenvalue weighted by Gasteiger charge is 2.48. The van der Waals surface area contributed by atoms with Crippen LogP contribution < -0.4 is 14.4 Å². The van der Waals surface area contributed by atoms with Gasteiger partial charge in [0.05, 0.1) is 30.4 Å². The molecule has 1 aromatic heterocycles. The third-order valence-electron chi connectivity index (χ3n) is 5.41.